The van der Waals surface area contributed by atoms with Crippen LogP contribution in [0.3, 0.4) is 0 Å². The molecule has 3 rings (SSSR count). The highest BCUT2D eigenvalue weighted by Crippen LogP contribution is 2.29. The van der Waals surface area contributed by atoms with Crippen molar-refractivity contribution < 1.29 is 9.32 Å². The summed E-state index contributed by atoms with van der Waals surface area (Å²) in [7, 11) is 0. The van der Waals surface area contributed by atoms with E-state index in [4.69, 9.17) is 4.52 Å². The molecule has 1 fully saturated rings. The fourth-order valence-corrected chi connectivity index (χ4v) is 3.22. The van der Waals surface area contributed by atoms with Crippen molar-refractivity contribution in [3.8, 4) is 0 Å². The minimum Gasteiger partial charge on any atom is -0.340 e. The van der Waals surface area contributed by atoms with Crippen molar-refractivity contribution in [3.05, 3.63) is 22.8 Å². The van der Waals surface area contributed by atoms with Crippen LogP contribution in [0.2, 0.25) is 0 Å². The van der Waals surface area contributed by atoms with Crippen LogP contribution in [0.5, 0.6) is 0 Å². The molecule has 0 radical (unpaired) electrons. The third kappa shape index (κ3) is 3.27. The Balaban J connectivity index is 1.62. The molecule has 0 spiro atoms. The number of nitrogens with one attached hydrogen (secondary N) is 1. The van der Waals surface area contributed by atoms with Gasteiger partial charge in [0.25, 0.3) is 0 Å². The maximum atomic E-state index is 12.1. The Morgan fingerprint density at radius 2 is 2.38 bits per heavy atom. The highest BCUT2D eigenvalue weighted by Gasteiger charge is 2.31. The predicted molar refractivity (Wildman–Crippen MR) is 78.1 cm³/mol. The number of aromatic nitrogens is 3. The lowest BCUT2D eigenvalue weighted by molar-refractivity contribution is -0.117. The molecule has 0 aliphatic carbocycles. The molecule has 7 nitrogen and oxygen atoms in total. The Morgan fingerprint density at radius 3 is 3.05 bits per heavy atom. The van der Waals surface area contributed by atoms with E-state index in [-0.39, 0.29) is 11.9 Å². The number of hydrogen-bond acceptors (Lipinski definition) is 7. The van der Waals surface area contributed by atoms with E-state index in [1.165, 1.54) is 11.3 Å². The lowest BCUT2D eigenvalue weighted by atomic mass is 10.2. The molecule has 112 valence electrons. The minimum absolute atomic E-state index is 0.0588. The molecule has 0 saturated carbocycles. The third-order valence-electron chi connectivity index (χ3n) is 3.42. The number of nitrogens with zero attached hydrogens (tertiary/aromatic N) is 4. The second-order valence-electron chi connectivity index (χ2n) is 5.14. The van der Waals surface area contributed by atoms with Crippen molar-refractivity contribution in [1.82, 2.24) is 20.0 Å². The number of anilines is 1. The van der Waals surface area contributed by atoms with Gasteiger partial charge in [0.05, 0.1) is 18.3 Å². The number of hydrogen-bond donors (Lipinski definition) is 1. The number of carbonyl (C=O) groups is 1. The van der Waals surface area contributed by atoms with E-state index in [0.29, 0.717) is 23.4 Å². The molecule has 2 aromatic rings. The minimum atomic E-state index is -0.0588. The number of rotatable bonds is 4. The molecule has 1 saturated heterocycles. The van der Waals surface area contributed by atoms with Crippen molar-refractivity contribution in [2.75, 3.05) is 18.4 Å². The molecule has 1 atom stereocenters. The normalized spacial score (nSPS) is 19.0. The largest absolute Gasteiger partial charge is 0.340 e. The fraction of sp³-hybridized carbons (Fsp3) is 0.538. The van der Waals surface area contributed by atoms with Crippen molar-refractivity contribution >= 4 is 22.4 Å². The van der Waals surface area contributed by atoms with Crippen molar-refractivity contribution in [2.24, 2.45) is 0 Å². The van der Waals surface area contributed by atoms with Gasteiger partial charge in [-0.1, -0.05) is 5.16 Å². The van der Waals surface area contributed by atoms with Gasteiger partial charge in [0.1, 0.15) is 0 Å². The van der Waals surface area contributed by atoms with Crippen LogP contribution < -0.4 is 5.32 Å². The molecule has 21 heavy (non-hydrogen) atoms. The van der Waals surface area contributed by atoms with E-state index in [1.54, 1.807) is 6.92 Å². The Bertz CT molecular complexity index is 638. The van der Waals surface area contributed by atoms with Crippen LogP contribution in [-0.2, 0) is 4.79 Å². The first-order valence-electron chi connectivity index (χ1n) is 6.88. The van der Waals surface area contributed by atoms with Crippen molar-refractivity contribution in [3.63, 3.8) is 0 Å². The third-order valence-corrected chi connectivity index (χ3v) is 4.29. The topological polar surface area (TPSA) is 84.2 Å². The summed E-state index contributed by atoms with van der Waals surface area (Å²) in [5, 5.41) is 9.36. The highest BCUT2D eigenvalue weighted by atomic mass is 32.1. The molecular weight excluding hydrogens is 290 g/mol. The quantitative estimate of drug-likeness (QED) is 0.929. The summed E-state index contributed by atoms with van der Waals surface area (Å²) >= 11 is 1.44. The first-order valence-corrected chi connectivity index (χ1v) is 7.76. The second kappa shape index (κ2) is 5.90. The van der Waals surface area contributed by atoms with Gasteiger partial charge in [0.15, 0.2) is 11.0 Å². The Hall–Kier alpha value is -1.80. The summed E-state index contributed by atoms with van der Waals surface area (Å²) in [6, 6.07) is 0.0613. The van der Waals surface area contributed by atoms with Gasteiger partial charge < -0.3 is 9.84 Å². The molecule has 3 heterocycles. The average molecular weight is 307 g/mol. The number of thiazole rings is 1. The Labute approximate surface area is 126 Å². The average Bonchev–Trinajstić information content (AvgIpc) is 3.12. The standard InChI is InChI=1S/C13H17N5O2S/c1-8-7-21-13(14-8)16-11(19)6-18-5-3-4-10(18)12-15-9(2)20-17-12/h7,10H,3-6H2,1-2H3,(H,14,16,19)/t10-/m1/s1. The van der Waals surface area contributed by atoms with Gasteiger partial charge in [-0.15, -0.1) is 11.3 Å². The van der Waals surface area contributed by atoms with Crippen molar-refractivity contribution in [1.29, 1.82) is 0 Å². The monoisotopic (exact) mass is 307 g/mol. The Kier molecular flexibility index (Phi) is 3.98. The van der Waals surface area contributed by atoms with Gasteiger partial charge in [-0.25, -0.2) is 4.98 Å². The Morgan fingerprint density at radius 1 is 1.52 bits per heavy atom. The molecule has 1 N–H and O–H groups in total. The smallest absolute Gasteiger partial charge is 0.240 e. The zero-order valence-corrected chi connectivity index (χ0v) is 12.8. The molecule has 0 bridgehead atoms. The number of carbonyl (C=O) groups excluding carboxylic acids is 1. The van der Waals surface area contributed by atoms with E-state index in [1.807, 2.05) is 12.3 Å². The SMILES string of the molecule is Cc1csc(NC(=O)CN2CCC[C@@H]2c2noc(C)n2)n1. The first kappa shape index (κ1) is 14.2. The molecule has 1 aliphatic heterocycles. The molecule has 1 amide bonds. The summed E-state index contributed by atoms with van der Waals surface area (Å²) in [6.45, 7) is 4.86. The molecule has 0 unspecified atom stereocenters. The van der Waals surface area contributed by atoms with Gasteiger partial charge in [-0.05, 0) is 26.3 Å². The predicted octanol–water partition coefficient (Wildman–Crippen LogP) is 1.92. The van der Waals surface area contributed by atoms with Gasteiger partial charge >= 0.3 is 0 Å². The summed E-state index contributed by atoms with van der Waals surface area (Å²) in [5.74, 6) is 1.17. The van der Waals surface area contributed by atoms with E-state index >= 15 is 0 Å². The summed E-state index contributed by atoms with van der Waals surface area (Å²) < 4.78 is 5.03. The van der Waals surface area contributed by atoms with E-state index in [9.17, 15) is 4.79 Å². The van der Waals surface area contributed by atoms with Crippen LogP contribution in [0.25, 0.3) is 0 Å². The summed E-state index contributed by atoms with van der Waals surface area (Å²) in [5.41, 5.74) is 0.914. The zero-order chi connectivity index (χ0) is 14.8. The van der Waals surface area contributed by atoms with Crippen LogP contribution >= 0.6 is 11.3 Å². The highest BCUT2D eigenvalue weighted by molar-refractivity contribution is 7.13. The summed E-state index contributed by atoms with van der Waals surface area (Å²) in [6.07, 6.45) is 1.98. The molecule has 8 heteroatoms. The van der Waals surface area contributed by atoms with Crippen LogP contribution in [0.1, 0.15) is 36.3 Å². The zero-order valence-electron chi connectivity index (χ0n) is 12.0. The number of aryl methyl sites for hydroxylation is 2. The second-order valence-corrected chi connectivity index (χ2v) is 6.00. The molecule has 1 aliphatic rings. The van der Waals surface area contributed by atoms with Crippen LogP contribution in [0.15, 0.2) is 9.90 Å². The van der Waals surface area contributed by atoms with E-state index in [2.05, 4.69) is 25.3 Å². The van der Waals surface area contributed by atoms with Gasteiger partial charge in [-0.2, -0.15) is 4.98 Å². The number of likely N-dealkylation sites (tertiary alicyclic amines) is 1. The van der Waals surface area contributed by atoms with Gasteiger partial charge in [-0.3, -0.25) is 9.69 Å². The number of amides is 1. The molecule has 0 aromatic carbocycles. The van der Waals surface area contributed by atoms with Crippen molar-refractivity contribution in [2.45, 2.75) is 32.7 Å². The van der Waals surface area contributed by atoms with Crippen LogP contribution in [-0.4, -0.2) is 39.0 Å². The van der Waals surface area contributed by atoms with E-state index < -0.39 is 0 Å². The maximum absolute atomic E-state index is 12.1. The fourth-order valence-electron chi connectivity index (χ4n) is 2.51. The van der Waals surface area contributed by atoms with Gasteiger partial charge in [0.2, 0.25) is 11.8 Å². The summed E-state index contributed by atoms with van der Waals surface area (Å²) in [4.78, 5) is 22.7. The maximum Gasteiger partial charge on any atom is 0.240 e. The lowest BCUT2D eigenvalue weighted by Gasteiger charge is -2.20. The van der Waals surface area contributed by atoms with Gasteiger partial charge in [0, 0.05) is 12.3 Å². The molecule has 2 aromatic heterocycles. The molecular formula is C13H17N5O2S. The van der Waals surface area contributed by atoms with Crippen LogP contribution in [0, 0.1) is 13.8 Å². The van der Waals surface area contributed by atoms with E-state index in [0.717, 1.165) is 25.1 Å². The lowest BCUT2D eigenvalue weighted by Crippen LogP contribution is -2.33. The first-order chi connectivity index (χ1) is 10.1. The van der Waals surface area contributed by atoms with Crippen LogP contribution in [0.4, 0.5) is 5.13 Å².